The van der Waals surface area contributed by atoms with Gasteiger partial charge < -0.3 is 4.90 Å². The summed E-state index contributed by atoms with van der Waals surface area (Å²) in [6.07, 6.45) is 4.79. The Morgan fingerprint density at radius 2 is 2.08 bits per heavy atom. The van der Waals surface area contributed by atoms with Crippen LogP contribution in [0.2, 0.25) is 0 Å². The number of aryl methyl sites for hydroxylation is 2. The van der Waals surface area contributed by atoms with Gasteiger partial charge in [0.1, 0.15) is 17.0 Å². The van der Waals surface area contributed by atoms with Crippen molar-refractivity contribution in [2.75, 3.05) is 14.1 Å². The third-order valence-corrected chi connectivity index (χ3v) is 5.99. The Hall–Kier alpha value is -1.69. The number of aromatic nitrogens is 2. The zero-order valence-corrected chi connectivity index (χ0v) is 16.2. The Bertz CT molecular complexity index is 854. The standard InChI is InChI=1S/C18H26N4OS/c1-11-20-16-15(17(23)22(11)19-10-21(5)6)13-8-7-12(18(2,3)4)9-14(13)24-16/h10,12H,7-9H2,1-6H3/b19-10+. The summed E-state index contributed by atoms with van der Waals surface area (Å²) in [5.74, 6) is 1.30. The molecule has 3 rings (SSSR count). The molecular weight excluding hydrogens is 320 g/mol. The van der Waals surface area contributed by atoms with E-state index in [9.17, 15) is 4.79 Å². The number of rotatable bonds is 2. The Morgan fingerprint density at radius 3 is 2.71 bits per heavy atom. The molecule has 1 aliphatic carbocycles. The van der Waals surface area contributed by atoms with Crippen molar-refractivity contribution in [2.24, 2.45) is 16.4 Å². The molecule has 2 aromatic rings. The average Bonchev–Trinajstić information content (AvgIpc) is 2.82. The summed E-state index contributed by atoms with van der Waals surface area (Å²) in [6.45, 7) is 8.76. The van der Waals surface area contributed by atoms with E-state index in [0.717, 1.165) is 29.5 Å². The zero-order valence-electron chi connectivity index (χ0n) is 15.4. The summed E-state index contributed by atoms with van der Waals surface area (Å²) in [5, 5.41) is 5.07. The average molecular weight is 347 g/mol. The van der Waals surface area contributed by atoms with Crippen LogP contribution in [0.25, 0.3) is 10.2 Å². The van der Waals surface area contributed by atoms with Gasteiger partial charge in [0, 0.05) is 19.0 Å². The third kappa shape index (κ3) is 2.99. The second-order valence-corrected chi connectivity index (χ2v) is 9.04. The monoisotopic (exact) mass is 346 g/mol. The fourth-order valence-electron chi connectivity index (χ4n) is 3.35. The molecule has 0 saturated carbocycles. The molecule has 130 valence electrons. The molecule has 2 heterocycles. The molecule has 1 unspecified atom stereocenters. The topological polar surface area (TPSA) is 50.5 Å². The minimum absolute atomic E-state index is 0.0395. The Balaban J connectivity index is 2.12. The first-order valence-corrected chi connectivity index (χ1v) is 9.25. The van der Waals surface area contributed by atoms with E-state index in [-0.39, 0.29) is 5.56 Å². The molecule has 0 saturated heterocycles. The maximum atomic E-state index is 13.0. The van der Waals surface area contributed by atoms with Gasteiger partial charge in [-0.2, -0.15) is 9.78 Å². The highest BCUT2D eigenvalue weighted by atomic mass is 32.1. The summed E-state index contributed by atoms with van der Waals surface area (Å²) in [7, 11) is 3.77. The Morgan fingerprint density at radius 1 is 1.38 bits per heavy atom. The van der Waals surface area contributed by atoms with Crippen LogP contribution in [0.4, 0.5) is 0 Å². The van der Waals surface area contributed by atoms with E-state index in [2.05, 4.69) is 30.9 Å². The highest BCUT2D eigenvalue weighted by molar-refractivity contribution is 7.18. The van der Waals surface area contributed by atoms with Gasteiger partial charge in [0.25, 0.3) is 5.56 Å². The highest BCUT2D eigenvalue weighted by Gasteiger charge is 2.31. The van der Waals surface area contributed by atoms with Crippen LogP contribution in [0.1, 0.15) is 43.5 Å². The van der Waals surface area contributed by atoms with Crippen molar-refractivity contribution in [3.63, 3.8) is 0 Å². The minimum Gasteiger partial charge on any atom is -0.367 e. The molecule has 0 aliphatic heterocycles. The molecule has 2 aromatic heterocycles. The van der Waals surface area contributed by atoms with E-state index in [4.69, 9.17) is 0 Å². The Kier molecular flexibility index (Phi) is 4.28. The predicted molar refractivity (Wildman–Crippen MR) is 101 cm³/mol. The van der Waals surface area contributed by atoms with Gasteiger partial charge in [-0.25, -0.2) is 4.98 Å². The molecule has 24 heavy (non-hydrogen) atoms. The van der Waals surface area contributed by atoms with E-state index in [1.165, 1.54) is 15.1 Å². The molecule has 1 atom stereocenters. The van der Waals surface area contributed by atoms with Crippen molar-refractivity contribution in [3.05, 3.63) is 26.6 Å². The second-order valence-electron chi connectivity index (χ2n) is 7.96. The smallest absolute Gasteiger partial charge is 0.283 e. The van der Waals surface area contributed by atoms with Gasteiger partial charge in [0.05, 0.1) is 5.39 Å². The zero-order chi connectivity index (χ0) is 17.6. The van der Waals surface area contributed by atoms with Gasteiger partial charge in [-0.1, -0.05) is 20.8 Å². The van der Waals surface area contributed by atoms with Gasteiger partial charge in [0.15, 0.2) is 0 Å². The lowest BCUT2D eigenvalue weighted by atomic mass is 9.72. The largest absolute Gasteiger partial charge is 0.367 e. The van der Waals surface area contributed by atoms with Gasteiger partial charge in [-0.3, -0.25) is 4.79 Å². The van der Waals surface area contributed by atoms with Gasteiger partial charge >= 0.3 is 0 Å². The van der Waals surface area contributed by atoms with E-state index in [1.807, 2.05) is 25.9 Å². The molecule has 6 heteroatoms. The minimum atomic E-state index is -0.0395. The summed E-state index contributed by atoms with van der Waals surface area (Å²) in [4.78, 5) is 21.7. The summed E-state index contributed by atoms with van der Waals surface area (Å²) < 4.78 is 1.42. The van der Waals surface area contributed by atoms with Crippen molar-refractivity contribution < 1.29 is 0 Å². The van der Waals surface area contributed by atoms with Gasteiger partial charge in [0.2, 0.25) is 0 Å². The molecule has 0 spiro atoms. The first kappa shape index (κ1) is 17.1. The van der Waals surface area contributed by atoms with Crippen LogP contribution in [0, 0.1) is 18.3 Å². The number of thiophene rings is 1. The normalized spacial score (nSPS) is 18.3. The van der Waals surface area contributed by atoms with E-state index in [0.29, 0.717) is 17.2 Å². The number of hydrogen-bond acceptors (Lipinski definition) is 4. The van der Waals surface area contributed by atoms with Gasteiger partial charge in [-0.15, -0.1) is 11.3 Å². The predicted octanol–water partition coefficient (Wildman–Crippen LogP) is 3.27. The van der Waals surface area contributed by atoms with Crippen molar-refractivity contribution in [1.82, 2.24) is 14.6 Å². The van der Waals surface area contributed by atoms with Crippen LogP contribution < -0.4 is 5.56 Å². The van der Waals surface area contributed by atoms with Crippen molar-refractivity contribution in [1.29, 1.82) is 0 Å². The van der Waals surface area contributed by atoms with E-state index < -0.39 is 0 Å². The molecule has 0 fully saturated rings. The molecule has 0 aromatic carbocycles. The van der Waals surface area contributed by atoms with E-state index >= 15 is 0 Å². The van der Waals surface area contributed by atoms with Crippen LogP contribution >= 0.6 is 11.3 Å². The molecule has 5 nitrogen and oxygen atoms in total. The van der Waals surface area contributed by atoms with Gasteiger partial charge in [-0.05, 0) is 43.1 Å². The number of fused-ring (bicyclic) bond motifs is 3. The maximum absolute atomic E-state index is 13.0. The van der Waals surface area contributed by atoms with Crippen LogP contribution in [-0.2, 0) is 12.8 Å². The molecular formula is C18H26N4OS. The summed E-state index contributed by atoms with van der Waals surface area (Å²) in [5.41, 5.74) is 1.47. The van der Waals surface area contributed by atoms with E-state index in [1.54, 1.807) is 17.7 Å². The lowest BCUT2D eigenvalue weighted by Crippen LogP contribution is -2.27. The van der Waals surface area contributed by atoms with Crippen LogP contribution in [0.15, 0.2) is 9.90 Å². The van der Waals surface area contributed by atoms with Crippen LogP contribution in [0.5, 0.6) is 0 Å². The number of hydrogen-bond donors (Lipinski definition) is 0. The first-order valence-electron chi connectivity index (χ1n) is 8.43. The van der Waals surface area contributed by atoms with Crippen molar-refractivity contribution in [2.45, 2.75) is 47.0 Å². The van der Waals surface area contributed by atoms with Crippen molar-refractivity contribution >= 4 is 27.9 Å². The van der Waals surface area contributed by atoms with Crippen LogP contribution in [0.3, 0.4) is 0 Å². The maximum Gasteiger partial charge on any atom is 0.283 e. The fourth-order valence-corrected chi connectivity index (χ4v) is 4.68. The molecule has 0 amide bonds. The molecule has 0 N–H and O–H groups in total. The quantitative estimate of drug-likeness (QED) is 0.619. The molecule has 1 aliphatic rings. The summed E-state index contributed by atoms with van der Waals surface area (Å²) in [6, 6.07) is 0. The first-order chi connectivity index (χ1) is 11.2. The Labute approximate surface area is 147 Å². The lowest BCUT2D eigenvalue weighted by Gasteiger charge is -2.33. The SMILES string of the molecule is Cc1nc2sc3c(c2c(=O)n1/N=C/N(C)C)CCC(C(C)(C)C)C3. The molecule has 0 radical (unpaired) electrons. The third-order valence-electron chi connectivity index (χ3n) is 4.85. The van der Waals surface area contributed by atoms with Crippen LogP contribution in [-0.4, -0.2) is 35.0 Å². The lowest BCUT2D eigenvalue weighted by molar-refractivity contribution is 0.218. The summed E-state index contributed by atoms with van der Waals surface area (Å²) >= 11 is 1.69. The number of nitrogens with zero attached hydrogens (tertiary/aromatic N) is 4. The fraction of sp³-hybridized carbons (Fsp3) is 0.611. The molecule has 0 bridgehead atoms. The highest BCUT2D eigenvalue weighted by Crippen LogP contribution is 2.42. The van der Waals surface area contributed by atoms with Crippen molar-refractivity contribution in [3.8, 4) is 0 Å². The second kappa shape index (κ2) is 5.99.